The summed E-state index contributed by atoms with van der Waals surface area (Å²) in [6.07, 6.45) is 2.38. The van der Waals surface area contributed by atoms with Gasteiger partial charge in [-0.05, 0) is 17.9 Å². The van der Waals surface area contributed by atoms with E-state index in [0.717, 1.165) is 5.56 Å². The summed E-state index contributed by atoms with van der Waals surface area (Å²) in [6.45, 7) is 3.87. The van der Waals surface area contributed by atoms with Gasteiger partial charge in [-0.15, -0.1) is 0 Å². The summed E-state index contributed by atoms with van der Waals surface area (Å²) in [4.78, 5) is 10.8. The first-order valence-corrected chi connectivity index (χ1v) is 5.14. The number of carbonyl (C=O) groups is 1. The molecule has 2 nitrogen and oxygen atoms in total. The monoisotopic (exact) mass is 204 g/mol. The standard InChI is InChI=1S/C13H16O2/c1-3-11(13(14)15)9-10(2)12-7-5-4-6-8-12/h4-10H,3H2,1-2H3,(H,14,15). The highest BCUT2D eigenvalue weighted by atomic mass is 16.4. The van der Waals surface area contributed by atoms with Crippen LogP contribution in [-0.4, -0.2) is 11.1 Å². The van der Waals surface area contributed by atoms with Crippen molar-refractivity contribution in [2.24, 2.45) is 0 Å². The molecule has 1 rings (SSSR count). The smallest absolute Gasteiger partial charge is 0.331 e. The van der Waals surface area contributed by atoms with E-state index >= 15 is 0 Å². The third-order valence-corrected chi connectivity index (χ3v) is 2.43. The van der Waals surface area contributed by atoms with Crippen molar-refractivity contribution in [2.45, 2.75) is 26.2 Å². The highest BCUT2D eigenvalue weighted by Crippen LogP contribution is 2.18. The van der Waals surface area contributed by atoms with Gasteiger partial charge in [0.2, 0.25) is 0 Å². The summed E-state index contributed by atoms with van der Waals surface area (Å²) < 4.78 is 0. The number of aliphatic carboxylic acids is 1. The molecule has 1 aromatic carbocycles. The summed E-state index contributed by atoms with van der Waals surface area (Å²) in [5, 5.41) is 8.90. The summed E-state index contributed by atoms with van der Waals surface area (Å²) in [5.74, 6) is -0.669. The van der Waals surface area contributed by atoms with Crippen molar-refractivity contribution in [1.82, 2.24) is 0 Å². The van der Waals surface area contributed by atoms with E-state index in [4.69, 9.17) is 5.11 Å². The Hall–Kier alpha value is -1.57. The second-order valence-corrected chi connectivity index (χ2v) is 3.55. The quantitative estimate of drug-likeness (QED) is 0.764. The van der Waals surface area contributed by atoms with Crippen molar-refractivity contribution in [1.29, 1.82) is 0 Å². The van der Waals surface area contributed by atoms with Crippen LogP contribution in [0.4, 0.5) is 0 Å². The Labute approximate surface area is 90.3 Å². The molecule has 0 saturated carbocycles. The second-order valence-electron chi connectivity index (χ2n) is 3.55. The Kier molecular flexibility index (Phi) is 4.10. The lowest BCUT2D eigenvalue weighted by molar-refractivity contribution is -0.132. The van der Waals surface area contributed by atoms with Crippen molar-refractivity contribution in [3.63, 3.8) is 0 Å². The van der Waals surface area contributed by atoms with Gasteiger partial charge in [0.1, 0.15) is 0 Å². The molecule has 0 aromatic heterocycles. The largest absolute Gasteiger partial charge is 0.478 e. The van der Waals surface area contributed by atoms with Gasteiger partial charge < -0.3 is 5.11 Å². The SMILES string of the molecule is CCC(=CC(C)c1ccccc1)C(=O)O. The van der Waals surface area contributed by atoms with Gasteiger partial charge in [-0.2, -0.15) is 0 Å². The fourth-order valence-electron chi connectivity index (χ4n) is 1.49. The van der Waals surface area contributed by atoms with Crippen molar-refractivity contribution >= 4 is 5.97 Å². The Balaban J connectivity index is 2.86. The zero-order valence-electron chi connectivity index (χ0n) is 9.10. The topological polar surface area (TPSA) is 37.3 Å². The van der Waals surface area contributed by atoms with E-state index in [1.165, 1.54) is 0 Å². The molecule has 0 bridgehead atoms. The van der Waals surface area contributed by atoms with Crippen LogP contribution in [0.15, 0.2) is 42.0 Å². The summed E-state index contributed by atoms with van der Waals surface area (Å²) in [7, 11) is 0. The molecule has 80 valence electrons. The molecule has 2 heteroatoms. The first kappa shape index (κ1) is 11.5. The third-order valence-electron chi connectivity index (χ3n) is 2.43. The summed E-state index contributed by atoms with van der Waals surface area (Å²) in [5.41, 5.74) is 1.62. The number of allylic oxidation sites excluding steroid dienone is 1. The van der Waals surface area contributed by atoms with Crippen LogP contribution in [0.25, 0.3) is 0 Å². The first-order valence-electron chi connectivity index (χ1n) is 5.14. The Morgan fingerprint density at radius 1 is 1.40 bits per heavy atom. The van der Waals surface area contributed by atoms with Crippen molar-refractivity contribution in [3.8, 4) is 0 Å². The molecule has 0 spiro atoms. The molecule has 15 heavy (non-hydrogen) atoms. The number of hydrogen-bond donors (Lipinski definition) is 1. The number of rotatable bonds is 4. The van der Waals surface area contributed by atoms with E-state index < -0.39 is 5.97 Å². The van der Waals surface area contributed by atoms with E-state index in [2.05, 4.69) is 0 Å². The van der Waals surface area contributed by atoms with Crippen LogP contribution in [0.3, 0.4) is 0 Å². The van der Waals surface area contributed by atoms with Gasteiger partial charge in [0.15, 0.2) is 0 Å². The zero-order valence-corrected chi connectivity index (χ0v) is 9.10. The van der Waals surface area contributed by atoms with Gasteiger partial charge >= 0.3 is 5.97 Å². The first-order chi connectivity index (χ1) is 7.15. The van der Waals surface area contributed by atoms with Gasteiger partial charge in [-0.25, -0.2) is 4.79 Å². The van der Waals surface area contributed by atoms with E-state index in [-0.39, 0.29) is 5.92 Å². The molecule has 0 radical (unpaired) electrons. The molecule has 1 N–H and O–H groups in total. The lowest BCUT2D eigenvalue weighted by Crippen LogP contribution is -2.01. The van der Waals surface area contributed by atoms with Crippen LogP contribution in [0.5, 0.6) is 0 Å². The fraction of sp³-hybridized carbons (Fsp3) is 0.308. The van der Waals surface area contributed by atoms with Crippen LogP contribution < -0.4 is 0 Å². The minimum Gasteiger partial charge on any atom is -0.478 e. The fourth-order valence-corrected chi connectivity index (χ4v) is 1.49. The van der Waals surface area contributed by atoms with Gasteiger partial charge in [0, 0.05) is 5.57 Å². The summed E-state index contributed by atoms with van der Waals surface area (Å²) >= 11 is 0. The number of carboxylic acid groups (broad SMARTS) is 1. The van der Waals surface area contributed by atoms with E-state index in [9.17, 15) is 4.79 Å². The maximum Gasteiger partial charge on any atom is 0.331 e. The zero-order chi connectivity index (χ0) is 11.3. The molecule has 1 unspecified atom stereocenters. The molecule has 0 aliphatic rings. The lowest BCUT2D eigenvalue weighted by atomic mass is 9.98. The molecular formula is C13H16O2. The van der Waals surface area contributed by atoms with Gasteiger partial charge in [0.05, 0.1) is 0 Å². The van der Waals surface area contributed by atoms with Crippen LogP contribution in [0, 0.1) is 0 Å². The minimum atomic E-state index is -0.819. The Bertz CT molecular complexity index is 352. The number of hydrogen-bond acceptors (Lipinski definition) is 1. The predicted molar refractivity (Wildman–Crippen MR) is 60.9 cm³/mol. The maximum absolute atomic E-state index is 10.8. The van der Waals surface area contributed by atoms with Crippen LogP contribution in [0.2, 0.25) is 0 Å². The summed E-state index contributed by atoms with van der Waals surface area (Å²) in [6, 6.07) is 9.91. The number of carboxylic acids is 1. The molecule has 0 amide bonds. The van der Waals surface area contributed by atoms with Gasteiger partial charge in [-0.1, -0.05) is 50.3 Å². The second kappa shape index (κ2) is 5.35. The third kappa shape index (κ3) is 3.24. The molecule has 0 heterocycles. The molecule has 0 aliphatic heterocycles. The van der Waals surface area contributed by atoms with Crippen LogP contribution in [-0.2, 0) is 4.79 Å². The van der Waals surface area contributed by atoms with Crippen molar-refractivity contribution < 1.29 is 9.90 Å². The van der Waals surface area contributed by atoms with E-state index in [0.29, 0.717) is 12.0 Å². The van der Waals surface area contributed by atoms with E-state index in [1.807, 2.05) is 50.3 Å². The number of benzene rings is 1. The normalized spacial score (nSPS) is 13.6. The van der Waals surface area contributed by atoms with Crippen LogP contribution in [0.1, 0.15) is 31.7 Å². The molecule has 0 fully saturated rings. The van der Waals surface area contributed by atoms with Gasteiger partial charge in [0.25, 0.3) is 0 Å². The lowest BCUT2D eigenvalue weighted by Gasteiger charge is -2.08. The molecule has 1 aromatic rings. The predicted octanol–water partition coefficient (Wildman–Crippen LogP) is 3.21. The maximum atomic E-state index is 10.8. The van der Waals surface area contributed by atoms with Crippen LogP contribution >= 0.6 is 0 Å². The highest BCUT2D eigenvalue weighted by molar-refractivity contribution is 5.86. The highest BCUT2D eigenvalue weighted by Gasteiger charge is 2.08. The Morgan fingerprint density at radius 2 is 2.00 bits per heavy atom. The average Bonchev–Trinajstić information content (AvgIpc) is 2.26. The Morgan fingerprint density at radius 3 is 2.47 bits per heavy atom. The van der Waals surface area contributed by atoms with Crippen molar-refractivity contribution in [2.75, 3.05) is 0 Å². The van der Waals surface area contributed by atoms with Gasteiger partial charge in [-0.3, -0.25) is 0 Å². The average molecular weight is 204 g/mol. The minimum absolute atomic E-state index is 0.150. The van der Waals surface area contributed by atoms with E-state index in [1.54, 1.807) is 0 Å². The molecule has 1 atom stereocenters. The van der Waals surface area contributed by atoms with Crippen molar-refractivity contribution in [3.05, 3.63) is 47.5 Å². The molecule has 0 saturated heterocycles. The molecule has 0 aliphatic carbocycles. The molecular weight excluding hydrogens is 188 g/mol.